The smallest absolute Gasteiger partial charge is 0.278 e. The molecule has 0 aromatic heterocycles. The molecule has 5 heteroatoms. The molecule has 1 unspecified atom stereocenters. The van der Waals surface area contributed by atoms with Crippen LogP contribution < -0.4 is 14.4 Å². The molecular formula is C22H22N2O3. The molecule has 2 aromatic carbocycles. The van der Waals surface area contributed by atoms with Crippen molar-refractivity contribution in [3.05, 3.63) is 47.5 Å². The van der Waals surface area contributed by atoms with E-state index < -0.39 is 0 Å². The predicted octanol–water partition coefficient (Wildman–Crippen LogP) is 4.21. The molecule has 1 amide bonds. The Hall–Kier alpha value is -2.82. The third kappa shape index (κ3) is 2.37. The van der Waals surface area contributed by atoms with Crippen LogP contribution in [0.3, 0.4) is 0 Å². The van der Waals surface area contributed by atoms with Crippen LogP contribution in [-0.4, -0.2) is 30.4 Å². The fourth-order valence-corrected chi connectivity index (χ4v) is 4.59. The lowest BCUT2D eigenvalue weighted by Crippen LogP contribution is -2.50. The van der Waals surface area contributed by atoms with E-state index in [1.54, 1.807) is 0 Å². The zero-order valence-corrected chi connectivity index (χ0v) is 15.8. The van der Waals surface area contributed by atoms with Gasteiger partial charge in [-0.25, -0.2) is 4.99 Å². The number of hydrogen-bond acceptors (Lipinski definition) is 4. The van der Waals surface area contributed by atoms with Gasteiger partial charge in [-0.15, -0.1) is 0 Å². The first-order valence-electron chi connectivity index (χ1n) is 9.42. The normalized spacial score (nSPS) is 23.5. The van der Waals surface area contributed by atoms with Crippen LogP contribution in [0.5, 0.6) is 11.5 Å². The Morgan fingerprint density at radius 2 is 1.89 bits per heavy atom. The number of amides is 1. The quantitative estimate of drug-likeness (QED) is 0.763. The molecule has 3 heterocycles. The maximum atomic E-state index is 13.3. The highest BCUT2D eigenvalue weighted by Gasteiger charge is 2.47. The summed E-state index contributed by atoms with van der Waals surface area (Å²) >= 11 is 0. The summed E-state index contributed by atoms with van der Waals surface area (Å²) in [4.78, 5) is 20.0. The molecule has 2 aromatic rings. The number of anilines is 1. The molecule has 1 atom stereocenters. The number of aliphatic imine (C=N–C) groups is 1. The predicted molar refractivity (Wildman–Crippen MR) is 105 cm³/mol. The molecule has 27 heavy (non-hydrogen) atoms. The van der Waals surface area contributed by atoms with Crippen LogP contribution in [0.4, 0.5) is 11.4 Å². The van der Waals surface area contributed by atoms with E-state index in [2.05, 4.69) is 26.8 Å². The number of para-hydroxylation sites is 1. The van der Waals surface area contributed by atoms with Gasteiger partial charge in [-0.1, -0.05) is 25.1 Å². The first-order valence-corrected chi connectivity index (χ1v) is 9.42. The Labute approximate surface area is 158 Å². The van der Waals surface area contributed by atoms with Gasteiger partial charge in [0.05, 0.1) is 11.4 Å². The summed E-state index contributed by atoms with van der Waals surface area (Å²) in [5, 5.41) is 0. The summed E-state index contributed by atoms with van der Waals surface area (Å²) < 4.78 is 11.2. The molecule has 0 aliphatic carbocycles. The molecule has 5 rings (SSSR count). The number of carbonyl (C=O) groups is 1. The number of benzene rings is 2. The van der Waals surface area contributed by atoms with Crippen LogP contribution in [0.2, 0.25) is 0 Å². The lowest BCUT2D eigenvalue weighted by atomic mass is 9.80. The molecular weight excluding hydrogens is 340 g/mol. The Bertz CT molecular complexity index is 993. The van der Waals surface area contributed by atoms with Gasteiger partial charge in [0.2, 0.25) is 0 Å². The van der Waals surface area contributed by atoms with Crippen molar-refractivity contribution in [2.45, 2.75) is 38.6 Å². The molecule has 0 N–H and O–H groups in total. The maximum Gasteiger partial charge on any atom is 0.278 e. The summed E-state index contributed by atoms with van der Waals surface area (Å²) in [5.74, 6) is 1.79. The number of carbonyl (C=O) groups excluding carboxylic acids is 1. The second-order valence-corrected chi connectivity index (χ2v) is 8.09. The van der Waals surface area contributed by atoms with Gasteiger partial charge in [0, 0.05) is 17.2 Å². The van der Waals surface area contributed by atoms with Crippen molar-refractivity contribution >= 4 is 23.0 Å². The van der Waals surface area contributed by atoms with Gasteiger partial charge < -0.3 is 14.4 Å². The fourth-order valence-electron chi connectivity index (χ4n) is 4.59. The second-order valence-electron chi connectivity index (χ2n) is 8.09. The molecule has 0 radical (unpaired) electrons. The molecule has 3 aliphatic heterocycles. The first-order chi connectivity index (χ1) is 13.0. The van der Waals surface area contributed by atoms with Crippen molar-refractivity contribution in [1.82, 2.24) is 0 Å². The molecule has 0 saturated carbocycles. The van der Waals surface area contributed by atoms with Gasteiger partial charge in [0.15, 0.2) is 11.5 Å². The van der Waals surface area contributed by atoms with E-state index in [4.69, 9.17) is 14.5 Å². The Morgan fingerprint density at radius 1 is 1.11 bits per heavy atom. The first kappa shape index (κ1) is 16.4. The molecule has 0 spiro atoms. The summed E-state index contributed by atoms with van der Waals surface area (Å²) in [6.45, 7) is 7.58. The van der Waals surface area contributed by atoms with Crippen molar-refractivity contribution in [3.63, 3.8) is 0 Å². The van der Waals surface area contributed by atoms with Gasteiger partial charge in [-0.05, 0) is 43.9 Å². The SMILES string of the molecule is CC1CC(C)(C)N2C(=O)C(=Nc3ccc4c(c3)OCCO4)c3cccc1c32. The van der Waals surface area contributed by atoms with Crippen LogP contribution >= 0.6 is 0 Å². The van der Waals surface area contributed by atoms with Crippen LogP contribution in [0, 0.1) is 0 Å². The van der Waals surface area contributed by atoms with Gasteiger partial charge in [-0.3, -0.25) is 4.79 Å². The molecule has 0 bridgehead atoms. The Morgan fingerprint density at radius 3 is 2.70 bits per heavy atom. The van der Waals surface area contributed by atoms with E-state index in [-0.39, 0.29) is 11.4 Å². The highest BCUT2D eigenvalue weighted by atomic mass is 16.6. The van der Waals surface area contributed by atoms with E-state index in [9.17, 15) is 4.79 Å². The third-order valence-electron chi connectivity index (χ3n) is 5.66. The van der Waals surface area contributed by atoms with Crippen molar-refractivity contribution < 1.29 is 14.3 Å². The van der Waals surface area contributed by atoms with Gasteiger partial charge in [0.1, 0.15) is 18.9 Å². The van der Waals surface area contributed by atoms with Crippen LogP contribution in [0.25, 0.3) is 0 Å². The Kier molecular flexibility index (Phi) is 3.39. The third-order valence-corrected chi connectivity index (χ3v) is 5.66. The summed E-state index contributed by atoms with van der Waals surface area (Å²) in [6, 6.07) is 11.7. The van der Waals surface area contributed by atoms with Crippen LogP contribution in [0.1, 0.15) is 44.2 Å². The minimum Gasteiger partial charge on any atom is -0.486 e. The average Bonchev–Trinajstić information content (AvgIpc) is 2.93. The molecule has 0 fully saturated rings. The molecule has 138 valence electrons. The highest BCUT2D eigenvalue weighted by Crippen LogP contribution is 2.48. The van der Waals surface area contributed by atoms with Crippen molar-refractivity contribution in [2.24, 2.45) is 4.99 Å². The lowest BCUT2D eigenvalue weighted by Gasteiger charge is -2.43. The van der Waals surface area contributed by atoms with Gasteiger partial charge >= 0.3 is 0 Å². The van der Waals surface area contributed by atoms with E-state index >= 15 is 0 Å². The molecule has 0 saturated heterocycles. The van der Waals surface area contributed by atoms with E-state index in [1.165, 1.54) is 5.56 Å². The number of rotatable bonds is 1. The van der Waals surface area contributed by atoms with E-state index in [1.807, 2.05) is 35.2 Å². The average molecular weight is 362 g/mol. The van der Waals surface area contributed by atoms with Crippen LogP contribution in [0.15, 0.2) is 41.4 Å². The Balaban J connectivity index is 1.65. The van der Waals surface area contributed by atoms with E-state index in [0.29, 0.717) is 36.3 Å². The minimum atomic E-state index is -0.232. The number of hydrogen-bond donors (Lipinski definition) is 0. The summed E-state index contributed by atoms with van der Waals surface area (Å²) in [5.41, 5.74) is 4.16. The van der Waals surface area contributed by atoms with Crippen LogP contribution in [-0.2, 0) is 4.79 Å². The fraction of sp³-hybridized carbons (Fsp3) is 0.364. The number of fused-ring (bicyclic) bond motifs is 1. The van der Waals surface area contributed by atoms with E-state index in [0.717, 1.165) is 23.4 Å². The van der Waals surface area contributed by atoms with Crippen molar-refractivity contribution in [2.75, 3.05) is 18.1 Å². The highest BCUT2D eigenvalue weighted by molar-refractivity contribution is 6.55. The van der Waals surface area contributed by atoms with Crippen molar-refractivity contribution in [3.8, 4) is 11.5 Å². The second kappa shape index (κ2) is 5.59. The molecule has 3 aliphatic rings. The topological polar surface area (TPSA) is 51.1 Å². The minimum absolute atomic E-state index is 0.0239. The zero-order valence-electron chi connectivity index (χ0n) is 15.8. The monoisotopic (exact) mass is 362 g/mol. The maximum absolute atomic E-state index is 13.3. The largest absolute Gasteiger partial charge is 0.486 e. The van der Waals surface area contributed by atoms with Gasteiger partial charge in [0.25, 0.3) is 5.91 Å². The summed E-state index contributed by atoms with van der Waals surface area (Å²) in [6.07, 6.45) is 0.937. The zero-order chi connectivity index (χ0) is 18.8. The standard InChI is InChI=1S/C22H22N2O3/c1-13-12-22(2,3)24-20-15(13)5-4-6-16(20)19(21(24)25)23-14-7-8-17-18(11-14)27-10-9-26-17/h4-8,11,13H,9-10,12H2,1-3H3. The summed E-state index contributed by atoms with van der Waals surface area (Å²) in [7, 11) is 0. The number of nitrogens with zero attached hydrogens (tertiary/aromatic N) is 2. The van der Waals surface area contributed by atoms with Crippen molar-refractivity contribution in [1.29, 1.82) is 0 Å². The lowest BCUT2D eigenvalue weighted by molar-refractivity contribution is -0.113. The molecule has 5 nitrogen and oxygen atoms in total. The van der Waals surface area contributed by atoms with Gasteiger partial charge in [-0.2, -0.15) is 0 Å². The number of ether oxygens (including phenoxy) is 2.